The average molecular weight is 516 g/mol. The van der Waals surface area contributed by atoms with Gasteiger partial charge in [-0.1, -0.05) is 0 Å². The van der Waals surface area contributed by atoms with Crippen LogP contribution in [0.3, 0.4) is 0 Å². The number of aryl methyl sites for hydroxylation is 1. The summed E-state index contributed by atoms with van der Waals surface area (Å²) in [5.74, 6) is 2.43. The minimum absolute atomic E-state index is 0. The van der Waals surface area contributed by atoms with Gasteiger partial charge in [0.1, 0.15) is 11.5 Å². The van der Waals surface area contributed by atoms with Crippen LogP contribution in [-0.2, 0) is 11.2 Å². The Kier molecular flexibility index (Phi) is 8.88. The first-order chi connectivity index (χ1) is 13.6. The van der Waals surface area contributed by atoms with E-state index in [-0.39, 0.29) is 29.6 Å². The summed E-state index contributed by atoms with van der Waals surface area (Å²) in [6.07, 6.45) is 4.14. The Labute approximate surface area is 190 Å². The second-order valence-corrected chi connectivity index (χ2v) is 7.44. The summed E-state index contributed by atoms with van der Waals surface area (Å²) < 4.78 is 16.6. The van der Waals surface area contributed by atoms with Crippen LogP contribution in [0.2, 0.25) is 0 Å². The number of aliphatic imine (C=N–C) groups is 1. The lowest BCUT2D eigenvalue weighted by Gasteiger charge is -2.24. The smallest absolute Gasteiger partial charge is 0.191 e. The summed E-state index contributed by atoms with van der Waals surface area (Å²) in [6, 6.07) is 6.06. The van der Waals surface area contributed by atoms with Crippen LogP contribution in [0.4, 0.5) is 0 Å². The van der Waals surface area contributed by atoms with Gasteiger partial charge in [0.15, 0.2) is 5.96 Å². The number of guanidine groups is 1. The third-order valence-electron chi connectivity index (χ3n) is 5.25. The molecule has 1 aromatic carbocycles. The van der Waals surface area contributed by atoms with E-state index in [0.29, 0.717) is 0 Å². The summed E-state index contributed by atoms with van der Waals surface area (Å²) >= 11 is 0. The number of methoxy groups -OCH3 is 2. The summed E-state index contributed by atoms with van der Waals surface area (Å²) in [5.41, 5.74) is 2.13. The van der Waals surface area contributed by atoms with Crippen molar-refractivity contribution in [3.8, 4) is 11.5 Å². The third-order valence-corrected chi connectivity index (χ3v) is 5.25. The Hall–Kier alpha value is -1.68. The number of fused-ring (bicyclic) bond motifs is 1. The lowest BCUT2D eigenvalue weighted by atomic mass is 10.0. The fourth-order valence-electron chi connectivity index (χ4n) is 3.61. The van der Waals surface area contributed by atoms with Crippen molar-refractivity contribution in [3.05, 3.63) is 23.9 Å². The van der Waals surface area contributed by atoms with Crippen LogP contribution in [0.15, 0.2) is 23.2 Å². The number of nitrogens with one attached hydrogen (secondary N) is 3. The molecule has 2 aromatic rings. The highest BCUT2D eigenvalue weighted by molar-refractivity contribution is 14.0. The zero-order valence-corrected chi connectivity index (χ0v) is 20.1. The molecule has 7 nitrogen and oxygen atoms in total. The van der Waals surface area contributed by atoms with Crippen LogP contribution in [0.25, 0.3) is 10.9 Å². The molecule has 0 bridgehead atoms. The van der Waals surface area contributed by atoms with Crippen molar-refractivity contribution in [2.24, 2.45) is 4.99 Å². The topological polar surface area (TPSA) is 79.9 Å². The molecule has 29 heavy (non-hydrogen) atoms. The number of ether oxygens (including phenoxy) is 3. The number of rotatable bonds is 8. The van der Waals surface area contributed by atoms with Crippen LogP contribution in [0.1, 0.15) is 31.9 Å². The molecule has 0 amide bonds. The standard InChI is InChI=1S/C21H32N4O3.HI/c1-21(8-6-10-28-21)14-24-20(22-2)23-9-5-7-15-11-17-18(25-15)12-16(26-3)13-19(17)27-4;/h11-13,25H,5-10,14H2,1-4H3,(H2,22,23,24);1H. The van der Waals surface area contributed by atoms with Crippen LogP contribution in [-0.4, -0.2) is 57.5 Å². The molecule has 1 unspecified atom stereocenters. The molecular formula is C21H33IN4O3. The normalized spacial score (nSPS) is 19.1. The van der Waals surface area contributed by atoms with Gasteiger partial charge in [0.05, 0.1) is 25.3 Å². The summed E-state index contributed by atoms with van der Waals surface area (Å²) in [7, 11) is 5.14. The summed E-state index contributed by atoms with van der Waals surface area (Å²) in [5, 5.41) is 7.83. The number of benzene rings is 1. The minimum atomic E-state index is -0.0813. The molecule has 162 valence electrons. The summed E-state index contributed by atoms with van der Waals surface area (Å²) in [4.78, 5) is 7.77. The van der Waals surface area contributed by atoms with Crippen molar-refractivity contribution in [2.45, 2.75) is 38.2 Å². The Morgan fingerprint density at radius 3 is 2.72 bits per heavy atom. The van der Waals surface area contributed by atoms with Gasteiger partial charge in [0.2, 0.25) is 0 Å². The van der Waals surface area contributed by atoms with E-state index in [1.165, 1.54) is 5.69 Å². The highest BCUT2D eigenvalue weighted by Crippen LogP contribution is 2.31. The highest BCUT2D eigenvalue weighted by Gasteiger charge is 2.29. The van der Waals surface area contributed by atoms with Gasteiger partial charge in [-0.05, 0) is 38.7 Å². The molecule has 2 heterocycles. The third kappa shape index (κ3) is 6.15. The number of nitrogens with zero attached hydrogens (tertiary/aromatic N) is 1. The number of hydrogen-bond acceptors (Lipinski definition) is 4. The lowest BCUT2D eigenvalue weighted by Crippen LogP contribution is -2.45. The van der Waals surface area contributed by atoms with Crippen molar-refractivity contribution >= 4 is 40.8 Å². The number of halogens is 1. The lowest BCUT2D eigenvalue weighted by molar-refractivity contribution is 0.0243. The van der Waals surface area contributed by atoms with E-state index >= 15 is 0 Å². The monoisotopic (exact) mass is 516 g/mol. The number of H-pyrrole nitrogens is 1. The minimum Gasteiger partial charge on any atom is -0.497 e. The van der Waals surface area contributed by atoms with E-state index in [9.17, 15) is 0 Å². The Balaban J connectivity index is 0.00000300. The van der Waals surface area contributed by atoms with E-state index in [0.717, 1.165) is 73.7 Å². The van der Waals surface area contributed by atoms with Crippen LogP contribution >= 0.6 is 24.0 Å². The maximum Gasteiger partial charge on any atom is 0.191 e. The van der Waals surface area contributed by atoms with Gasteiger partial charge in [0.25, 0.3) is 0 Å². The van der Waals surface area contributed by atoms with E-state index in [2.05, 4.69) is 33.6 Å². The van der Waals surface area contributed by atoms with Crippen molar-refractivity contribution in [1.82, 2.24) is 15.6 Å². The number of aromatic amines is 1. The van der Waals surface area contributed by atoms with E-state index in [4.69, 9.17) is 14.2 Å². The molecule has 3 rings (SSSR count). The maximum atomic E-state index is 5.81. The zero-order chi connectivity index (χ0) is 20.0. The predicted molar refractivity (Wildman–Crippen MR) is 128 cm³/mol. The SMILES string of the molecule is CN=C(NCCCc1cc2c(OC)cc(OC)cc2[nH]1)NCC1(C)CCCO1.I. The molecule has 0 spiro atoms. The van der Waals surface area contributed by atoms with E-state index in [1.54, 1.807) is 21.3 Å². The molecule has 3 N–H and O–H groups in total. The van der Waals surface area contributed by atoms with Crippen LogP contribution < -0.4 is 20.1 Å². The van der Waals surface area contributed by atoms with Crippen LogP contribution in [0.5, 0.6) is 11.5 Å². The fourth-order valence-corrected chi connectivity index (χ4v) is 3.61. The second kappa shape index (κ2) is 10.9. The molecular weight excluding hydrogens is 483 g/mol. The van der Waals surface area contributed by atoms with E-state index in [1.807, 2.05) is 12.1 Å². The number of aromatic nitrogens is 1. The Bertz CT molecular complexity index is 816. The quantitative estimate of drug-likeness (QED) is 0.217. The molecule has 0 aliphatic carbocycles. The molecule has 1 fully saturated rings. The highest BCUT2D eigenvalue weighted by atomic mass is 127. The van der Waals surface area contributed by atoms with Crippen molar-refractivity contribution in [1.29, 1.82) is 0 Å². The Morgan fingerprint density at radius 2 is 2.07 bits per heavy atom. The van der Waals surface area contributed by atoms with E-state index < -0.39 is 0 Å². The van der Waals surface area contributed by atoms with Gasteiger partial charge < -0.3 is 29.8 Å². The molecule has 1 atom stereocenters. The van der Waals surface area contributed by atoms with Gasteiger partial charge in [-0.25, -0.2) is 0 Å². The van der Waals surface area contributed by atoms with Gasteiger partial charge in [-0.2, -0.15) is 0 Å². The first-order valence-electron chi connectivity index (χ1n) is 9.89. The zero-order valence-electron chi connectivity index (χ0n) is 17.8. The van der Waals surface area contributed by atoms with Crippen molar-refractivity contribution in [2.75, 3.05) is 41.0 Å². The average Bonchev–Trinajstić information content (AvgIpc) is 3.32. The first kappa shape index (κ1) is 23.6. The molecule has 8 heteroatoms. The molecule has 0 saturated carbocycles. The fraction of sp³-hybridized carbons (Fsp3) is 0.571. The maximum absolute atomic E-state index is 5.81. The largest absolute Gasteiger partial charge is 0.497 e. The Morgan fingerprint density at radius 1 is 1.24 bits per heavy atom. The second-order valence-electron chi connectivity index (χ2n) is 7.44. The van der Waals surface area contributed by atoms with Gasteiger partial charge in [-0.15, -0.1) is 24.0 Å². The van der Waals surface area contributed by atoms with Crippen molar-refractivity contribution in [3.63, 3.8) is 0 Å². The van der Waals surface area contributed by atoms with Crippen LogP contribution in [0, 0.1) is 0 Å². The van der Waals surface area contributed by atoms with Gasteiger partial charge in [0, 0.05) is 50.0 Å². The predicted octanol–water partition coefficient (Wildman–Crippen LogP) is 3.47. The molecule has 1 aromatic heterocycles. The van der Waals surface area contributed by atoms with Gasteiger partial charge in [-0.3, -0.25) is 4.99 Å². The first-order valence-corrected chi connectivity index (χ1v) is 9.89. The molecule has 0 radical (unpaired) electrons. The van der Waals surface area contributed by atoms with Gasteiger partial charge >= 0.3 is 0 Å². The molecule has 1 saturated heterocycles. The molecule has 1 aliphatic heterocycles. The van der Waals surface area contributed by atoms with Crippen molar-refractivity contribution < 1.29 is 14.2 Å². The number of hydrogen-bond donors (Lipinski definition) is 3. The summed E-state index contributed by atoms with van der Waals surface area (Å²) in [6.45, 7) is 4.62. The molecule has 1 aliphatic rings.